The molecule has 2 heterocycles. The number of fused-ring (bicyclic) bond motifs is 1. The van der Waals surface area contributed by atoms with Crippen molar-refractivity contribution in [2.45, 2.75) is 72.0 Å². The Morgan fingerprint density at radius 3 is 2.67 bits per heavy atom. The first-order valence-corrected chi connectivity index (χ1v) is 7.78. The zero-order valence-corrected chi connectivity index (χ0v) is 13.5. The molecule has 1 amide bonds. The van der Waals surface area contributed by atoms with Crippen LogP contribution in [0.15, 0.2) is 0 Å². The summed E-state index contributed by atoms with van der Waals surface area (Å²) in [7, 11) is 0. The van der Waals surface area contributed by atoms with E-state index in [1.807, 2.05) is 27.7 Å². The molecule has 6 nitrogen and oxygen atoms in total. The van der Waals surface area contributed by atoms with E-state index in [-0.39, 0.29) is 17.4 Å². The third-order valence-corrected chi connectivity index (χ3v) is 4.10. The third kappa shape index (κ3) is 3.61. The predicted octanol–water partition coefficient (Wildman–Crippen LogP) is 1.56. The fourth-order valence-electron chi connectivity index (χ4n) is 2.59. The van der Waals surface area contributed by atoms with E-state index in [9.17, 15) is 4.79 Å². The van der Waals surface area contributed by atoms with Crippen molar-refractivity contribution in [2.75, 3.05) is 0 Å². The monoisotopic (exact) mass is 293 g/mol. The maximum absolute atomic E-state index is 12.2. The molecular formula is C15H27N5O. The number of hydrogen-bond donors (Lipinski definition) is 2. The largest absolute Gasteiger partial charge is 0.345 e. The number of rotatable bonds is 3. The molecule has 1 aromatic heterocycles. The number of carbonyl (C=O) groups excluding carboxylic acids is 1. The van der Waals surface area contributed by atoms with E-state index in [1.165, 1.54) is 6.42 Å². The molecule has 0 aromatic carbocycles. The van der Waals surface area contributed by atoms with Crippen molar-refractivity contribution >= 4 is 5.91 Å². The number of nitrogens with two attached hydrogens (primary N) is 1. The number of nitrogens with zero attached hydrogens (tertiary/aromatic N) is 3. The second-order valence-electron chi connectivity index (χ2n) is 7.01. The normalized spacial score (nSPS) is 18.5. The van der Waals surface area contributed by atoms with E-state index in [1.54, 1.807) is 0 Å². The lowest BCUT2D eigenvalue weighted by molar-refractivity contribution is -0.125. The van der Waals surface area contributed by atoms with Crippen molar-refractivity contribution in [1.82, 2.24) is 20.1 Å². The van der Waals surface area contributed by atoms with Gasteiger partial charge in [-0.1, -0.05) is 27.2 Å². The van der Waals surface area contributed by atoms with Gasteiger partial charge < -0.3 is 15.6 Å². The van der Waals surface area contributed by atoms with Gasteiger partial charge in [-0.05, 0) is 25.2 Å². The minimum Gasteiger partial charge on any atom is -0.345 e. The number of hydrogen-bond acceptors (Lipinski definition) is 4. The van der Waals surface area contributed by atoms with Gasteiger partial charge in [-0.25, -0.2) is 0 Å². The van der Waals surface area contributed by atoms with Gasteiger partial charge in [0.1, 0.15) is 5.82 Å². The van der Waals surface area contributed by atoms with Crippen LogP contribution in [0.3, 0.4) is 0 Å². The minimum atomic E-state index is -0.536. The quantitative estimate of drug-likeness (QED) is 0.885. The van der Waals surface area contributed by atoms with Crippen LogP contribution < -0.4 is 11.1 Å². The van der Waals surface area contributed by atoms with Crippen LogP contribution in [0.1, 0.15) is 64.6 Å². The molecule has 6 heteroatoms. The maximum Gasteiger partial charge on any atom is 0.238 e. The zero-order valence-electron chi connectivity index (χ0n) is 13.5. The Kier molecular flexibility index (Phi) is 4.66. The van der Waals surface area contributed by atoms with E-state index in [2.05, 4.69) is 20.1 Å². The van der Waals surface area contributed by atoms with E-state index in [0.717, 1.165) is 37.5 Å². The molecule has 0 saturated heterocycles. The van der Waals surface area contributed by atoms with Crippen molar-refractivity contribution in [3.05, 3.63) is 11.6 Å². The standard InChI is InChI=1S/C15H27N5O/c1-10(17-14(21)12(16)15(2,3)4)13-19-18-11-8-6-5-7-9-20(11)13/h10,12H,5-9,16H2,1-4H3,(H,17,21)/t10?,12-/m0/s1. The summed E-state index contributed by atoms with van der Waals surface area (Å²) in [5.41, 5.74) is 5.75. The molecule has 2 rings (SSSR count). The Morgan fingerprint density at radius 1 is 1.29 bits per heavy atom. The van der Waals surface area contributed by atoms with Crippen LogP contribution in [0, 0.1) is 5.41 Å². The average molecular weight is 293 g/mol. The molecule has 0 saturated carbocycles. The first kappa shape index (κ1) is 15.9. The summed E-state index contributed by atoms with van der Waals surface area (Å²) in [6.45, 7) is 8.76. The average Bonchev–Trinajstić information content (AvgIpc) is 2.66. The van der Waals surface area contributed by atoms with Gasteiger partial charge in [0, 0.05) is 13.0 Å². The van der Waals surface area contributed by atoms with Gasteiger partial charge in [-0.15, -0.1) is 10.2 Å². The number of aromatic nitrogens is 3. The van der Waals surface area contributed by atoms with E-state index >= 15 is 0 Å². The molecule has 3 N–H and O–H groups in total. The van der Waals surface area contributed by atoms with E-state index in [4.69, 9.17) is 5.73 Å². The van der Waals surface area contributed by atoms with Crippen LogP contribution in [0.2, 0.25) is 0 Å². The molecule has 118 valence electrons. The molecule has 21 heavy (non-hydrogen) atoms. The van der Waals surface area contributed by atoms with Gasteiger partial charge in [-0.3, -0.25) is 4.79 Å². The molecule has 0 spiro atoms. The van der Waals surface area contributed by atoms with Gasteiger partial charge in [-0.2, -0.15) is 0 Å². The SMILES string of the molecule is CC(NC(=O)[C@H](N)C(C)(C)C)c1nnc2n1CCCCC2. The Balaban J connectivity index is 2.09. The molecule has 1 aromatic rings. The molecule has 0 bridgehead atoms. The Bertz CT molecular complexity index is 503. The van der Waals surface area contributed by atoms with Gasteiger partial charge >= 0.3 is 0 Å². The van der Waals surface area contributed by atoms with Crippen molar-refractivity contribution in [1.29, 1.82) is 0 Å². The first-order valence-electron chi connectivity index (χ1n) is 7.78. The number of amides is 1. The topological polar surface area (TPSA) is 85.8 Å². The fourth-order valence-corrected chi connectivity index (χ4v) is 2.59. The van der Waals surface area contributed by atoms with Crippen molar-refractivity contribution in [3.63, 3.8) is 0 Å². The van der Waals surface area contributed by atoms with Crippen LogP contribution in [0.25, 0.3) is 0 Å². The van der Waals surface area contributed by atoms with Crippen LogP contribution >= 0.6 is 0 Å². The highest BCUT2D eigenvalue weighted by Gasteiger charge is 2.29. The third-order valence-electron chi connectivity index (χ3n) is 4.10. The molecule has 0 radical (unpaired) electrons. The first-order chi connectivity index (χ1) is 9.80. The van der Waals surface area contributed by atoms with Gasteiger partial charge in [0.2, 0.25) is 5.91 Å². The number of nitrogens with one attached hydrogen (secondary N) is 1. The maximum atomic E-state index is 12.2. The Morgan fingerprint density at radius 2 is 2.00 bits per heavy atom. The smallest absolute Gasteiger partial charge is 0.238 e. The summed E-state index contributed by atoms with van der Waals surface area (Å²) >= 11 is 0. The summed E-state index contributed by atoms with van der Waals surface area (Å²) in [5, 5.41) is 11.5. The second-order valence-corrected chi connectivity index (χ2v) is 7.01. The summed E-state index contributed by atoms with van der Waals surface area (Å²) in [4.78, 5) is 12.2. The molecule has 0 fully saturated rings. The molecule has 0 aliphatic carbocycles. The van der Waals surface area contributed by atoms with E-state index in [0.29, 0.717) is 0 Å². The number of aryl methyl sites for hydroxylation is 1. The van der Waals surface area contributed by atoms with Crippen molar-refractivity contribution < 1.29 is 4.79 Å². The fraction of sp³-hybridized carbons (Fsp3) is 0.800. The molecular weight excluding hydrogens is 266 g/mol. The molecule has 1 aliphatic rings. The zero-order chi connectivity index (χ0) is 15.6. The molecule has 1 unspecified atom stereocenters. The predicted molar refractivity (Wildman–Crippen MR) is 81.6 cm³/mol. The highest BCUT2D eigenvalue weighted by molar-refractivity contribution is 5.82. The minimum absolute atomic E-state index is 0.138. The van der Waals surface area contributed by atoms with Crippen LogP contribution in [0.4, 0.5) is 0 Å². The lowest BCUT2D eigenvalue weighted by atomic mass is 9.87. The summed E-state index contributed by atoms with van der Waals surface area (Å²) in [6.07, 6.45) is 4.49. The summed E-state index contributed by atoms with van der Waals surface area (Å²) in [6, 6.07) is -0.711. The van der Waals surface area contributed by atoms with E-state index < -0.39 is 6.04 Å². The highest BCUT2D eigenvalue weighted by Crippen LogP contribution is 2.21. The van der Waals surface area contributed by atoms with Crippen LogP contribution in [0.5, 0.6) is 0 Å². The summed E-state index contributed by atoms with van der Waals surface area (Å²) in [5.74, 6) is 1.73. The van der Waals surface area contributed by atoms with Crippen LogP contribution in [-0.4, -0.2) is 26.7 Å². The van der Waals surface area contributed by atoms with Gasteiger partial charge in [0.15, 0.2) is 5.82 Å². The van der Waals surface area contributed by atoms with Crippen LogP contribution in [-0.2, 0) is 17.8 Å². The Hall–Kier alpha value is -1.43. The molecule has 2 atom stereocenters. The van der Waals surface area contributed by atoms with Gasteiger partial charge in [0.05, 0.1) is 12.1 Å². The second kappa shape index (κ2) is 6.13. The van der Waals surface area contributed by atoms with Crippen molar-refractivity contribution in [3.8, 4) is 0 Å². The van der Waals surface area contributed by atoms with Crippen molar-refractivity contribution in [2.24, 2.45) is 11.1 Å². The lowest BCUT2D eigenvalue weighted by Crippen LogP contribution is -2.49. The number of carbonyl (C=O) groups is 1. The van der Waals surface area contributed by atoms with Gasteiger partial charge in [0.25, 0.3) is 0 Å². The highest BCUT2D eigenvalue weighted by atomic mass is 16.2. The molecule has 1 aliphatic heterocycles. The lowest BCUT2D eigenvalue weighted by Gasteiger charge is -2.27. The Labute approximate surface area is 126 Å². The summed E-state index contributed by atoms with van der Waals surface area (Å²) < 4.78 is 2.15.